The molecule has 1 heterocycles. The van der Waals surface area contributed by atoms with Crippen LogP contribution in [0.15, 0.2) is 78.9 Å². The van der Waals surface area contributed by atoms with Crippen molar-refractivity contribution in [1.82, 2.24) is 14.5 Å². The zero-order chi connectivity index (χ0) is 26.7. The third kappa shape index (κ3) is 6.93. The van der Waals surface area contributed by atoms with Gasteiger partial charge < -0.3 is 9.30 Å². The van der Waals surface area contributed by atoms with E-state index in [0.29, 0.717) is 0 Å². The molecule has 0 unspecified atom stereocenters. The minimum atomic E-state index is 0.862. The second kappa shape index (κ2) is 14.0. The van der Waals surface area contributed by atoms with E-state index in [0.717, 1.165) is 49.9 Å². The summed E-state index contributed by atoms with van der Waals surface area (Å²) in [5, 5.41) is 0. The van der Waals surface area contributed by atoms with Gasteiger partial charge in [-0.05, 0) is 43.5 Å². The van der Waals surface area contributed by atoms with Gasteiger partial charge >= 0.3 is 0 Å². The molecule has 0 fully saturated rings. The third-order valence-corrected chi connectivity index (χ3v) is 7.20. The first kappa shape index (κ1) is 27.7. The number of unbranched alkanes of at least 4 members (excludes halogenated alkanes) is 3. The highest BCUT2D eigenvalue weighted by atomic mass is 16.5. The Balaban J connectivity index is 1.77. The lowest BCUT2D eigenvalue weighted by atomic mass is 10.1. The zero-order valence-corrected chi connectivity index (χ0v) is 23.6. The molecule has 0 aliphatic rings. The van der Waals surface area contributed by atoms with Gasteiger partial charge in [-0.25, -0.2) is 4.98 Å². The molecule has 1 aromatic heterocycles. The van der Waals surface area contributed by atoms with Crippen molar-refractivity contribution in [2.24, 2.45) is 0 Å². The van der Waals surface area contributed by atoms with Crippen molar-refractivity contribution in [3.8, 4) is 28.4 Å². The molecule has 0 bridgehead atoms. The summed E-state index contributed by atoms with van der Waals surface area (Å²) in [7, 11) is 1.74. The van der Waals surface area contributed by atoms with Crippen molar-refractivity contribution in [2.45, 2.75) is 72.5 Å². The summed E-state index contributed by atoms with van der Waals surface area (Å²) in [5.41, 5.74) is 7.28. The summed E-state index contributed by atoms with van der Waals surface area (Å²) in [6.45, 7) is 10.5. The van der Waals surface area contributed by atoms with E-state index in [-0.39, 0.29) is 0 Å². The molecule has 4 rings (SSSR count). The molecule has 0 spiro atoms. The number of methoxy groups -OCH3 is 1. The maximum Gasteiger partial charge on any atom is 0.140 e. The summed E-state index contributed by atoms with van der Waals surface area (Å²) in [6.07, 6.45) is 5.92. The van der Waals surface area contributed by atoms with Gasteiger partial charge in [-0.3, -0.25) is 4.90 Å². The van der Waals surface area contributed by atoms with Gasteiger partial charge in [0.05, 0.1) is 18.5 Å². The number of benzene rings is 3. The maximum absolute atomic E-state index is 5.51. The molecular weight excluding hydrogens is 466 g/mol. The average Bonchev–Trinajstić information content (AvgIpc) is 3.30. The largest absolute Gasteiger partial charge is 0.496 e. The van der Waals surface area contributed by atoms with Crippen molar-refractivity contribution in [3.05, 3.63) is 95.7 Å². The number of nitrogens with zero attached hydrogens (tertiary/aromatic N) is 3. The van der Waals surface area contributed by atoms with Gasteiger partial charge in [0.25, 0.3) is 0 Å². The van der Waals surface area contributed by atoms with Crippen LogP contribution >= 0.6 is 0 Å². The lowest BCUT2D eigenvalue weighted by molar-refractivity contribution is 0.246. The van der Waals surface area contributed by atoms with E-state index in [1.54, 1.807) is 7.11 Å². The van der Waals surface area contributed by atoms with E-state index in [2.05, 4.69) is 109 Å². The van der Waals surface area contributed by atoms with Crippen molar-refractivity contribution < 1.29 is 4.74 Å². The monoisotopic (exact) mass is 509 g/mol. The van der Waals surface area contributed by atoms with E-state index in [1.807, 2.05) is 0 Å². The SMILES string of the molecule is CCCCCn1c(-c2ccccc2)nc(-c2ccccc2)c1CN(CCCC)Cc1ccc(OC)c(C)c1. The highest BCUT2D eigenvalue weighted by Crippen LogP contribution is 2.32. The molecule has 0 N–H and O–H groups in total. The highest BCUT2D eigenvalue weighted by Gasteiger charge is 2.22. The number of aromatic nitrogens is 2. The van der Waals surface area contributed by atoms with Crippen LogP contribution in [0, 0.1) is 6.92 Å². The van der Waals surface area contributed by atoms with Crippen LogP contribution in [-0.2, 0) is 19.6 Å². The van der Waals surface area contributed by atoms with Gasteiger partial charge in [-0.1, -0.05) is 106 Å². The third-order valence-electron chi connectivity index (χ3n) is 7.20. The quantitative estimate of drug-likeness (QED) is 0.160. The van der Waals surface area contributed by atoms with Crippen LogP contribution in [0.25, 0.3) is 22.6 Å². The van der Waals surface area contributed by atoms with Crippen molar-refractivity contribution >= 4 is 0 Å². The van der Waals surface area contributed by atoms with E-state index < -0.39 is 0 Å². The van der Waals surface area contributed by atoms with Gasteiger partial charge in [0, 0.05) is 30.8 Å². The summed E-state index contributed by atoms with van der Waals surface area (Å²) in [4.78, 5) is 7.92. The maximum atomic E-state index is 5.51. The normalized spacial score (nSPS) is 11.3. The number of aryl methyl sites for hydroxylation is 1. The molecule has 0 aliphatic carbocycles. The Labute approximate surface area is 229 Å². The summed E-state index contributed by atoms with van der Waals surface area (Å²) < 4.78 is 8.02. The molecule has 4 aromatic rings. The van der Waals surface area contributed by atoms with E-state index in [4.69, 9.17) is 9.72 Å². The molecular formula is C34H43N3O. The fourth-order valence-corrected chi connectivity index (χ4v) is 5.15. The molecule has 0 saturated carbocycles. The van der Waals surface area contributed by atoms with Gasteiger partial charge in [0.15, 0.2) is 0 Å². The van der Waals surface area contributed by atoms with Crippen LogP contribution < -0.4 is 4.74 Å². The summed E-state index contributed by atoms with van der Waals surface area (Å²) in [6, 6.07) is 28.0. The molecule has 0 saturated heterocycles. The van der Waals surface area contributed by atoms with Crippen molar-refractivity contribution in [3.63, 3.8) is 0 Å². The first-order chi connectivity index (χ1) is 18.6. The van der Waals surface area contributed by atoms with Crippen LogP contribution in [0.2, 0.25) is 0 Å². The first-order valence-corrected chi connectivity index (χ1v) is 14.2. The van der Waals surface area contributed by atoms with E-state index in [9.17, 15) is 0 Å². The average molecular weight is 510 g/mol. The number of hydrogen-bond acceptors (Lipinski definition) is 3. The van der Waals surface area contributed by atoms with Crippen molar-refractivity contribution in [2.75, 3.05) is 13.7 Å². The molecule has 3 aromatic carbocycles. The lowest BCUT2D eigenvalue weighted by Gasteiger charge is -2.24. The number of rotatable bonds is 14. The predicted molar refractivity (Wildman–Crippen MR) is 159 cm³/mol. The molecule has 4 nitrogen and oxygen atoms in total. The molecule has 0 atom stereocenters. The molecule has 200 valence electrons. The number of imidazole rings is 1. The fraction of sp³-hybridized carbons (Fsp3) is 0.382. The number of ether oxygens (including phenoxy) is 1. The predicted octanol–water partition coefficient (Wildman–Crippen LogP) is 8.53. The fourth-order valence-electron chi connectivity index (χ4n) is 5.15. The van der Waals surface area contributed by atoms with Gasteiger partial charge in [-0.2, -0.15) is 0 Å². The molecule has 0 amide bonds. The Morgan fingerprint density at radius 1 is 0.789 bits per heavy atom. The second-order valence-corrected chi connectivity index (χ2v) is 10.2. The lowest BCUT2D eigenvalue weighted by Crippen LogP contribution is -2.26. The van der Waals surface area contributed by atoms with Gasteiger partial charge in [-0.15, -0.1) is 0 Å². The molecule has 38 heavy (non-hydrogen) atoms. The van der Waals surface area contributed by atoms with Crippen molar-refractivity contribution in [1.29, 1.82) is 0 Å². The van der Waals surface area contributed by atoms with Crippen LogP contribution in [0.4, 0.5) is 0 Å². The highest BCUT2D eigenvalue weighted by molar-refractivity contribution is 5.68. The van der Waals surface area contributed by atoms with Gasteiger partial charge in [0.2, 0.25) is 0 Å². The van der Waals surface area contributed by atoms with Crippen LogP contribution in [0.5, 0.6) is 5.75 Å². The van der Waals surface area contributed by atoms with E-state index >= 15 is 0 Å². The zero-order valence-electron chi connectivity index (χ0n) is 23.6. The molecule has 0 aliphatic heterocycles. The molecule has 4 heteroatoms. The first-order valence-electron chi connectivity index (χ1n) is 14.2. The van der Waals surface area contributed by atoms with E-state index in [1.165, 1.54) is 53.6 Å². The summed E-state index contributed by atoms with van der Waals surface area (Å²) >= 11 is 0. The minimum Gasteiger partial charge on any atom is -0.496 e. The smallest absolute Gasteiger partial charge is 0.140 e. The Bertz CT molecular complexity index is 1260. The van der Waals surface area contributed by atoms with Crippen LogP contribution in [-0.4, -0.2) is 28.1 Å². The number of hydrogen-bond donors (Lipinski definition) is 0. The van der Waals surface area contributed by atoms with Crippen LogP contribution in [0.3, 0.4) is 0 Å². The molecule has 0 radical (unpaired) electrons. The Morgan fingerprint density at radius 2 is 1.47 bits per heavy atom. The second-order valence-electron chi connectivity index (χ2n) is 10.2. The minimum absolute atomic E-state index is 0.862. The Morgan fingerprint density at radius 3 is 2.11 bits per heavy atom. The Kier molecular flexibility index (Phi) is 10.2. The van der Waals surface area contributed by atoms with Gasteiger partial charge in [0.1, 0.15) is 11.6 Å². The Hall–Kier alpha value is -3.37. The summed E-state index contributed by atoms with van der Waals surface area (Å²) in [5.74, 6) is 2.02. The standard InChI is InChI=1S/C34H43N3O/c1-5-7-15-23-37-31(26-36(22-8-6-2)25-28-20-21-32(38-4)27(3)24-28)33(29-16-11-9-12-17-29)35-34(37)30-18-13-10-14-19-30/h9-14,16-21,24H,5-8,15,22-23,25-26H2,1-4H3. The topological polar surface area (TPSA) is 30.3 Å². The van der Waals surface area contributed by atoms with Crippen LogP contribution in [0.1, 0.15) is 62.8 Å².